The standard InChI is InChI=1S/C13H19N3O2/c1-8(9-6-14-15(2)7-9)16-10-3-4-12(16)11(5-10)13(17)18/h6-8,10-12H,3-5H2,1-2H3,(H,17,18). The Hall–Kier alpha value is -1.36. The minimum Gasteiger partial charge on any atom is -0.481 e. The minimum atomic E-state index is -0.634. The lowest BCUT2D eigenvalue weighted by Gasteiger charge is -2.29. The van der Waals surface area contributed by atoms with E-state index in [-0.39, 0.29) is 18.0 Å². The molecule has 18 heavy (non-hydrogen) atoms. The Labute approximate surface area is 106 Å². The normalized spacial score (nSPS) is 32.9. The van der Waals surface area contributed by atoms with E-state index in [1.165, 1.54) is 5.56 Å². The van der Waals surface area contributed by atoms with Crippen molar-refractivity contribution in [3.63, 3.8) is 0 Å². The average molecular weight is 249 g/mol. The molecule has 1 N–H and O–H groups in total. The van der Waals surface area contributed by atoms with Gasteiger partial charge in [0.15, 0.2) is 0 Å². The van der Waals surface area contributed by atoms with Crippen molar-refractivity contribution in [2.75, 3.05) is 0 Å². The smallest absolute Gasteiger partial charge is 0.308 e. The van der Waals surface area contributed by atoms with Gasteiger partial charge in [-0.1, -0.05) is 0 Å². The maximum atomic E-state index is 11.3. The summed E-state index contributed by atoms with van der Waals surface area (Å²) in [5, 5.41) is 13.5. The highest BCUT2D eigenvalue weighted by Crippen LogP contribution is 2.46. The summed E-state index contributed by atoms with van der Waals surface area (Å²) in [6.07, 6.45) is 6.88. The number of nitrogens with zero attached hydrogens (tertiary/aromatic N) is 3. The van der Waals surface area contributed by atoms with E-state index in [4.69, 9.17) is 0 Å². The molecule has 0 aromatic carbocycles. The molecule has 0 amide bonds. The van der Waals surface area contributed by atoms with Gasteiger partial charge >= 0.3 is 5.97 Å². The van der Waals surface area contributed by atoms with Crippen molar-refractivity contribution in [2.24, 2.45) is 13.0 Å². The molecule has 5 nitrogen and oxygen atoms in total. The molecule has 3 heterocycles. The Bertz CT molecular complexity index is 471. The lowest BCUT2D eigenvalue weighted by atomic mass is 9.89. The second-order valence-corrected chi connectivity index (χ2v) is 5.55. The topological polar surface area (TPSA) is 58.4 Å². The van der Waals surface area contributed by atoms with Crippen LogP contribution in [0.15, 0.2) is 12.4 Å². The summed E-state index contributed by atoms with van der Waals surface area (Å²) in [5.41, 5.74) is 1.18. The van der Waals surface area contributed by atoms with Crippen LogP contribution >= 0.6 is 0 Å². The molecule has 0 saturated carbocycles. The first-order valence-electron chi connectivity index (χ1n) is 6.56. The molecule has 4 unspecified atom stereocenters. The van der Waals surface area contributed by atoms with Crippen LogP contribution < -0.4 is 0 Å². The predicted molar refractivity (Wildman–Crippen MR) is 66.0 cm³/mol. The fraction of sp³-hybridized carbons (Fsp3) is 0.692. The Kier molecular flexibility index (Phi) is 2.66. The van der Waals surface area contributed by atoms with E-state index >= 15 is 0 Å². The van der Waals surface area contributed by atoms with Gasteiger partial charge in [-0.25, -0.2) is 0 Å². The summed E-state index contributed by atoms with van der Waals surface area (Å²) in [7, 11) is 1.91. The van der Waals surface area contributed by atoms with Crippen molar-refractivity contribution in [1.82, 2.24) is 14.7 Å². The number of hydrogen-bond acceptors (Lipinski definition) is 3. The Morgan fingerprint density at radius 2 is 2.33 bits per heavy atom. The lowest BCUT2D eigenvalue weighted by Crippen LogP contribution is -2.34. The molecule has 5 heteroatoms. The number of carboxylic acid groups (broad SMARTS) is 1. The Morgan fingerprint density at radius 3 is 2.89 bits per heavy atom. The Balaban J connectivity index is 1.83. The van der Waals surface area contributed by atoms with Gasteiger partial charge in [-0.3, -0.25) is 14.4 Å². The second kappa shape index (κ2) is 4.09. The van der Waals surface area contributed by atoms with Crippen LogP contribution in [0, 0.1) is 5.92 Å². The van der Waals surface area contributed by atoms with Crippen LogP contribution in [0.1, 0.15) is 37.8 Å². The molecular formula is C13H19N3O2. The molecule has 0 radical (unpaired) electrons. The van der Waals surface area contributed by atoms with Crippen LogP contribution in [-0.4, -0.2) is 37.8 Å². The highest BCUT2D eigenvalue weighted by Gasteiger charge is 2.50. The van der Waals surface area contributed by atoms with Crippen LogP contribution in [0.4, 0.5) is 0 Å². The van der Waals surface area contributed by atoms with Crippen LogP contribution in [0.25, 0.3) is 0 Å². The third-order valence-corrected chi connectivity index (χ3v) is 4.56. The van der Waals surface area contributed by atoms with E-state index in [2.05, 4.69) is 16.9 Å². The van der Waals surface area contributed by atoms with Gasteiger partial charge in [0.1, 0.15) is 0 Å². The maximum Gasteiger partial charge on any atom is 0.308 e. The van der Waals surface area contributed by atoms with Crippen molar-refractivity contribution in [2.45, 2.75) is 44.3 Å². The molecule has 2 bridgehead atoms. The minimum absolute atomic E-state index is 0.178. The molecule has 98 valence electrons. The number of fused-ring (bicyclic) bond motifs is 2. The number of hydrogen-bond donors (Lipinski definition) is 1. The zero-order valence-electron chi connectivity index (χ0n) is 10.8. The molecule has 0 aliphatic carbocycles. The van der Waals surface area contributed by atoms with Gasteiger partial charge in [0, 0.05) is 36.9 Å². The second-order valence-electron chi connectivity index (χ2n) is 5.55. The number of carboxylic acids is 1. The van der Waals surface area contributed by atoms with E-state index in [1.54, 1.807) is 4.68 Å². The van der Waals surface area contributed by atoms with Gasteiger partial charge in [-0.15, -0.1) is 0 Å². The van der Waals surface area contributed by atoms with Crippen molar-refractivity contribution in [1.29, 1.82) is 0 Å². The predicted octanol–water partition coefficient (Wildman–Crippen LogP) is 1.42. The van der Waals surface area contributed by atoms with Crippen molar-refractivity contribution < 1.29 is 9.90 Å². The number of aliphatic carboxylic acids is 1. The van der Waals surface area contributed by atoms with E-state index in [9.17, 15) is 9.90 Å². The third kappa shape index (κ3) is 1.65. The largest absolute Gasteiger partial charge is 0.481 e. The van der Waals surface area contributed by atoms with E-state index in [0.29, 0.717) is 6.04 Å². The quantitative estimate of drug-likeness (QED) is 0.880. The summed E-state index contributed by atoms with van der Waals surface area (Å²) < 4.78 is 1.80. The summed E-state index contributed by atoms with van der Waals surface area (Å²) in [4.78, 5) is 13.7. The fourth-order valence-corrected chi connectivity index (χ4v) is 3.73. The SMILES string of the molecule is CC(c1cnn(C)c1)N1C2CCC1C(C(=O)O)C2. The van der Waals surface area contributed by atoms with Gasteiger partial charge in [0.2, 0.25) is 0 Å². The summed E-state index contributed by atoms with van der Waals surface area (Å²) in [5.74, 6) is -0.812. The van der Waals surface area contributed by atoms with Gasteiger partial charge in [0.05, 0.1) is 12.1 Å². The molecule has 2 aliphatic heterocycles. The number of carbonyl (C=O) groups is 1. The van der Waals surface area contributed by atoms with E-state index in [1.807, 2.05) is 19.4 Å². The van der Waals surface area contributed by atoms with Gasteiger partial charge in [0.25, 0.3) is 0 Å². The van der Waals surface area contributed by atoms with Crippen LogP contribution in [-0.2, 0) is 11.8 Å². The molecule has 2 fully saturated rings. The molecule has 0 spiro atoms. The molecule has 4 atom stereocenters. The molecule has 2 aliphatic rings. The summed E-state index contributed by atoms with van der Waals surface area (Å²) in [6.45, 7) is 2.16. The molecule has 2 saturated heterocycles. The van der Waals surface area contributed by atoms with E-state index in [0.717, 1.165) is 19.3 Å². The van der Waals surface area contributed by atoms with Crippen molar-refractivity contribution >= 4 is 5.97 Å². The van der Waals surface area contributed by atoms with Crippen LogP contribution in [0.2, 0.25) is 0 Å². The van der Waals surface area contributed by atoms with E-state index < -0.39 is 5.97 Å². The van der Waals surface area contributed by atoms with Crippen LogP contribution in [0.5, 0.6) is 0 Å². The molecular weight excluding hydrogens is 230 g/mol. The first-order chi connectivity index (χ1) is 8.58. The van der Waals surface area contributed by atoms with Gasteiger partial charge < -0.3 is 5.11 Å². The number of aromatic nitrogens is 2. The number of rotatable bonds is 3. The Morgan fingerprint density at radius 1 is 1.56 bits per heavy atom. The van der Waals surface area contributed by atoms with Gasteiger partial charge in [-0.05, 0) is 26.2 Å². The zero-order chi connectivity index (χ0) is 12.9. The molecule has 1 aromatic rings. The summed E-state index contributed by atoms with van der Waals surface area (Å²) >= 11 is 0. The molecule has 3 rings (SSSR count). The highest BCUT2D eigenvalue weighted by molar-refractivity contribution is 5.71. The average Bonchev–Trinajstić information content (AvgIpc) is 3.01. The first-order valence-corrected chi connectivity index (χ1v) is 6.56. The third-order valence-electron chi connectivity index (χ3n) is 4.56. The van der Waals surface area contributed by atoms with Crippen molar-refractivity contribution in [3.05, 3.63) is 18.0 Å². The lowest BCUT2D eigenvalue weighted by molar-refractivity contribution is -0.142. The van der Waals surface area contributed by atoms with Crippen molar-refractivity contribution in [3.8, 4) is 0 Å². The first kappa shape index (κ1) is 11.7. The van der Waals surface area contributed by atoms with Crippen LogP contribution in [0.3, 0.4) is 0 Å². The fourth-order valence-electron chi connectivity index (χ4n) is 3.73. The molecule has 1 aromatic heterocycles. The highest BCUT2D eigenvalue weighted by atomic mass is 16.4. The zero-order valence-corrected chi connectivity index (χ0v) is 10.8. The van der Waals surface area contributed by atoms with Gasteiger partial charge in [-0.2, -0.15) is 5.10 Å². The maximum absolute atomic E-state index is 11.3. The number of aryl methyl sites for hydroxylation is 1. The summed E-state index contributed by atoms with van der Waals surface area (Å²) in [6, 6.07) is 0.912. The monoisotopic (exact) mass is 249 g/mol.